The van der Waals surface area contributed by atoms with Crippen LogP contribution in [0.15, 0.2) is 24.3 Å². The molecule has 2 aromatic heterocycles. The van der Waals surface area contributed by atoms with Crippen LogP contribution in [0.5, 0.6) is 0 Å². The molecule has 0 spiro atoms. The zero-order chi connectivity index (χ0) is 13.6. The quantitative estimate of drug-likeness (QED) is 0.780. The summed E-state index contributed by atoms with van der Waals surface area (Å²) >= 11 is 1.44. The molecule has 0 aliphatic rings. The molecule has 0 radical (unpaired) electrons. The molecule has 1 N–H and O–H groups in total. The number of para-hydroxylation sites is 2. The molecule has 3 aromatic rings. The second kappa shape index (κ2) is 4.35. The van der Waals surface area contributed by atoms with Crippen molar-refractivity contribution in [2.24, 2.45) is 0 Å². The average molecular weight is 273 g/mol. The van der Waals surface area contributed by atoms with Crippen molar-refractivity contribution in [1.82, 2.24) is 14.7 Å². The summed E-state index contributed by atoms with van der Waals surface area (Å²) in [6.07, 6.45) is 0. The minimum Gasteiger partial charge on any atom is -0.349 e. The molecule has 5 heteroatoms. The lowest BCUT2D eigenvalue weighted by Gasteiger charge is -2.07. The normalized spacial score (nSPS) is 11.6. The molecule has 0 saturated heterocycles. The van der Waals surface area contributed by atoms with Gasteiger partial charge in [0.25, 0.3) is 5.91 Å². The number of benzene rings is 1. The van der Waals surface area contributed by atoms with E-state index in [0.717, 1.165) is 26.6 Å². The number of fused-ring (bicyclic) bond motifs is 3. The summed E-state index contributed by atoms with van der Waals surface area (Å²) < 4.78 is 2.05. The van der Waals surface area contributed by atoms with Crippen LogP contribution in [-0.4, -0.2) is 21.3 Å². The van der Waals surface area contributed by atoms with Crippen LogP contribution in [0, 0.1) is 6.92 Å². The summed E-state index contributed by atoms with van der Waals surface area (Å²) in [4.78, 5) is 18.3. The van der Waals surface area contributed by atoms with Crippen molar-refractivity contribution >= 4 is 33.2 Å². The van der Waals surface area contributed by atoms with Crippen LogP contribution in [-0.2, 0) is 0 Å². The van der Waals surface area contributed by atoms with Gasteiger partial charge in [0, 0.05) is 11.7 Å². The predicted molar refractivity (Wildman–Crippen MR) is 77.9 cm³/mol. The van der Waals surface area contributed by atoms with Crippen molar-refractivity contribution in [3.63, 3.8) is 0 Å². The minimum absolute atomic E-state index is 0.0212. The SMILES string of the molecule is Cc1c(C(=O)NC(C)C)sc2nc3ccccc3n12. The molecule has 0 bridgehead atoms. The van der Waals surface area contributed by atoms with Gasteiger partial charge in [-0.3, -0.25) is 9.20 Å². The third-order valence-corrected chi connectivity index (χ3v) is 4.15. The summed E-state index contributed by atoms with van der Waals surface area (Å²) in [5.74, 6) is -0.0212. The van der Waals surface area contributed by atoms with Gasteiger partial charge in [-0.05, 0) is 32.9 Å². The van der Waals surface area contributed by atoms with E-state index in [1.54, 1.807) is 0 Å². The highest BCUT2D eigenvalue weighted by Gasteiger charge is 2.18. The van der Waals surface area contributed by atoms with E-state index in [1.807, 2.05) is 45.0 Å². The number of aryl methyl sites for hydroxylation is 1. The van der Waals surface area contributed by atoms with E-state index in [9.17, 15) is 4.79 Å². The van der Waals surface area contributed by atoms with E-state index in [1.165, 1.54) is 11.3 Å². The fraction of sp³-hybridized carbons (Fsp3) is 0.286. The fourth-order valence-electron chi connectivity index (χ4n) is 2.20. The second-order valence-corrected chi connectivity index (χ2v) is 5.84. The van der Waals surface area contributed by atoms with Crippen LogP contribution < -0.4 is 5.32 Å². The molecule has 0 unspecified atom stereocenters. The lowest BCUT2D eigenvalue weighted by Crippen LogP contribution is -2.29. The number of carbonyl (C=O) groups excluding carboxylic acids is 1. The van der Waals surface area contributed by atoms with Gasteiger partial charge in [0.15, 0.2) is 4.96 Å². The standard InChI is InChI=1S/C14H15N3OS/c1-8(2)15-13(18)12-9(3)17-11-7-5-4-6-10(11)16-14(17)19-12/h4-8H,1-3H3,(H,15,18). The maximum Gasteiger partial charge on any atom is 0.263 e. The minimum atomic E-state index is -0.0212. The molecule has 3 rings (SSSR count). The predicted octanol–water partition coefficient (Wildman–Crippen LogP) is 3.00. The van der Waals surface area contributed by atoms with Gasteiger partial charge in [-0.25, -0.2) is 4.98 Å². The zero-order valence-electron chi connectivity index (χ0n) is 11.1. The number of hydrogen-bond acceptors (Lipinski definition) is 3. The molecule has 0 saturated carbocycles. The van der Waals surface area contributed by atoms with Crippen molar-refractivity contribution in [1.29, 1.82) is 0 Å². The Morgan fingerprint density at radius 3 is 2.84 bits per heavy atom. The first-order valence-electron chi connectivity index (χ1n) is 6.25. The Morgan fingerprint density at radius 2 is 2.11 bits per heavy atom. The maximum atomic E-state index is 12.1. The number of carbonyl (C=O) groups is 1. The van der Waals surface area contributed by atoms with Crippen LogP contribution in [0.25, 0.3) is 16.0 Å². The Balaban J connectivity index is 2.19. The third kappa shape index (κ3) is 1.90. The smallest absolute Gasteiger partial charge is 0.263 e. The number of nitrogens with zero attached hydrogens (tertiary/aromatic N) is 2. The Labute approximate surface area is 115 Å². The van der Waals surface area contributed by atoms with Gasteiger partial charge in [-0.1, -0.05) is 23.5 Å². The van der Waals surface area contributed by atoms with Gasteiger partial charge >= 0.3 is 0 Å². The average Bonchev–Trinajstić information content (AvgIpc) is 2.85. The van der Waals surface area contributed by atoms with Gasteiger partial charge in [0.05, 0.1) is 11.0 Å². The van der Waals surface area contributed by atoms with Crippen molar-refractivity contribution in [2.45, 2.75) is 26.8 Å². The molecule has 1 amide bonds. The van der Waals surface area contributed by atoms with Crippen molar-refractivity contribution in [3.05, 3.63) is 34.8 Å². The molecule has 0 atom stereocenters. The number of imidazole rings is 1. The van der Waals surface area contributed by atoms with E-state index < -0.39 is 0 Å². The van der Waals surface area contributed by atoms with Crippen molar-refractivity contribution in [2.75, 3.05) is 0 Å². The molecule has 0 aliphatic carbocycles. The fourth-order valence-corrected chi connectivity index (χ4v) is 3.25. The molecule has 2 heterocycles. The van der Waals surface area contributed by atoms with Gasteiger partial charge in [0.2, 0.25) is 0 Å². The number of amides is 1. The van der Waals surface area contributed by atoms with E-state index in [2.05, 4.69) is 14.7 Å². The number of nitrogens with one attached hydrogen (secondary N) is 1. The first-order valence-corrected chi connectivity index (χ1v) is 7.07. The number of hydrogen-bond donors (Lipinski definition) is 1. The zero-order valence-corrected chi connectivity index (χ0v) is 11.9. The maximum absolute atomic E-state index is 12.1. The lowest BCUT2D eigenvalue weighted by molar-refractivity contribution is 0.0946. The topological polar surface area (TPSA) is 46.4 Å². The molecule has 1 aromatic carbocycles. The van der Waals surface area contributed by atoms with E-state index in [0.29, 0.717) is 0 Å². The molecule has 98 valence electrons. The summed E-state index contributed by atoms with van der Waals surface area (Å²) in [6, 6.07) is 8.11. The van der Waals surface area contributed by atoms with Crippen LogP contribution in [0.4, 0.5) is 0 Å². The van der Waals surface area contributed by atoms with E-state index in [4.69, 9.17) is 0 Å². The summed E-state index contributed by atoms with van der Waals surface area (Å²) in [5.41, 5.74) is 2.97. The summed E-state index contributed by atoms with van der Waals surface area (Å²) in [5, 5.41) is 2.93. The summed E-state index contributed by atoms with van der Waals surface area (Å²) in [6.45, 7) is 5.88. The molecular weight excluding hydrogens is 258 g/mol. The highest BCUT2D eigenvalue weighted by molar-refractivity contribution is 7.19. The Bertz CT molecular complexity index is 770. The van der Waals surface area contributed by atoms with Crippen LogP contribution >= 0.6 is 11.3 Å². The third-order valence-electron chi connectivity index (χ3n) is 3.01. The molecule has 19 heavy (non-hydrogen) atoms. The van der Waals surface area contributed by atoms with E-state index >= 15 is 0 Å². The van der Waals surface area contributed by atoms with Crippen LogP contribution in [0.2, 0.25) is 0 Å². The highest BCUT2D eigenvalue weighted by Crippen LogP contribution is 2.27. The van der Waals surface area contributed by atoms with Crippen molar-refractivity contribution < 1.29 is 4.79 Å². The van der Waals surface area contributed by atoms with Crippen LogP contribution in [0.1, 0.15) is 29.2 Å². The monoisotopic (exact) mass is 273 g/mol. The Kier molecular flexibility index (Phi) is 2.78. The first kappa shape index (κ1) is 12.2. The van der Waals surface area contributed by atoms with Gasteiger partial charge in [-0.15, -0.1) is 0 Å². The molecule has 0 fully saturated rings. The molecule has 0 aliphatic heterocycles. The second-order valence-electron chi connectivity index (χ2n) is 4.86. The first-order chi connectivity index (χ1) is 9.08. The lowest BCUT2D eigenvalue weighted by atomic mass is 10.3. The van der Waals surface area contributed by atoms with Gasteiger partial charge in [-0.2, -0.15) is 0 Å². The van der Waals surface area contributed by atoms with Gasteiger partial charge < -0.3 is 5.32 Å². The Hall–Kier alpha value is -1.88. The summed E-state index contributed by atoms with van der Waals surface area (Å²) in [7, 11) is 0. The number of aromatic nitrogens is 2. The number of rotatable bonds is 2. The van der Waals surface area contributed by atoms with E-state index in [-0.39, 0.29) is 11.9 Å². The number of thiazole rings is 1. The molecular formula is C14H15N3OS. The largest absolute Gasteiger partial charge is 0.349 e. The van der Waals surface area contributed by atoms with Gasteiger partial charge in [0.1, 0.15) is 4.88 Å². The van der Waals surface area contributed by atoms with Crippen molar-refractivity contribution in [3.8, 4) is 0 Å². The van der Waals surface area contributed by atoms with Crippen LogP contribution in [0.3, 0.4) is 0 Å². The molecule has 4 nitrogen and oxygen atoms in total. The highest BCUT2D eigenvalue weighted by atomic mass is 32.1. The Morgan fingerprint density at radius 1 is 1.37 bits per heavy atom.